The van der Waals surface area contributed by atoms with Gasteiger partial charge in [0.2, 0.25) is 0 Å². The Kier molecular flexibility index (Phi) is 9.03. The molecule has 0 spiro atoms. The molecule has 2 atom stereocenters. The van der Waals surface area contributed by atoms with Gasteiger partial charge in [0.25, 0.3) is 0 Å². The number of halogens is 3. The quantitative estimate of drug-likeness (QED) is 0.141. The van der Waals surface area contributed by atoms with Crippen molar-refractivity contribution in [1.82, 2.24) is 0 Å². The van der Waals surface area contributed by atoms with Crippen LogP contribution in [0.25, 0.3) is 0 Å². The van der Waals surface area contributed by atoms with E-state index in [2.05, 4.69) is 121 Å². The second-order valence-electron chi connectivity index (χ2n) is 9.16. The predicted molar refractivity (Wildman–Crippen MR) is 146 cm³/mol. The van der Waals surface area contributed by atoms with Crippen molar-refractivity contribution in [3.63, 3.8) is 0 Å². The van der Waals surface area contributed by atoms with Gasteiger partial charge in [-0.2, -0.15) is 13.2 Å². The Labute approximate surface area is 222 Å². The van der Waals surface area contributed by atoms with E-state index in [1.165, 1.54) is 35.1 Å². The first-order valence-electron chi connectivity index (χ1n) is 12.3. The summed E-state index contributed by atoms with van der Waals surface area (Å²) in [5.74, 6) is 0. The molecule has 1 heterocycles. The number of hydrogen-bond acceptors (Lipinski definition) is 3. The fourth-order valence-corrected chi connectivity index (χ4v) is 9.87. The average Bonchev–Trinajstić information content (AvgIpc) is 3.35. The molecule has 1 aliphatic rings. The first-order chi connectivity index (χ1) is 18.2. The Morgan fingerprint density at radius 3 is 1.21 bits per heavy atom. The van der Waals surface area contributed by atoms with Crippen LogP contribution in [0.3, 0.4) is 0 Å². The third-order valence-corrected chi connectivity index (χ3v) is 11.6. The van der Waals surface area contributed by atoms with Gasteiger partial charge in [-0.25, -0.2) is 8.42 Å². The van der Waals surface area contributed by atoms with Gasteiger partial charge in [0.05, 0.1) is 11.3 Å². The average molecular weight is 557 g/mol. The lowest BCUT2D eigenvalue weighted by molar-refractivity contribution is -0.0517. The maximum absolute atomic E-state index is 10.7. The molecule has 8 heteroatoms. The second-order valence-corrected chi connectivity index (χ2v) is 13.5. The summed E-state index contributed by atoms with van der Waals surface area (Å²) in [6.45, 7) is 0. The van der Waals surface area contributed by atoms with Crippen molar-refractivity contribution >= 4 is 18.0 Å². The van der Waals surface area contributed by atoms with Crippen LogP contribution < -0.4 is 0 Å². The highest BCUT2D eigenvalue weighted by Gasteiger charge is 2.49. The highest BCUT2D eigenvalue weighted by atomic mass is 32.2. The minimum Gasteiger partial charge on any atom is -0.741 e. The zero-order valence-corrected chi connectivity index (χ0v) is 22.3. The largest absolute Gasteiger partial charge is 0.741 e. The Morgan fingerprint density at radius 1 is 0.632 bits per heavy atom. The molecule has 0 unspecified atom stereocenters. The Bertz CT molecular complexity index is 1300. The van der Waals surface area contributed by atoms with E-state index in [-0.39, 0.29) is 0 Å². The van der Waals surface area contributed by atoms with Gasteiger partial charge < -0.3 is 4.55 Å². The van der Waals surface area contributed by atoms with E-state index in [0.29, 0.717) is 17.0 Å². The van der Waals surface area contributed by atoms with Crippen molar-refractivity contribution in [2.75, 3.05) is 0 Å². The molecular formula is C30H28F3O3PS. The van der Waals surface area contributed by atoms with Crippen molar-refractivity contribution in [1.29, 1.82) is 0 Å². The van der Waals surface area contributed by atoms with E-state index in [1.807, 2.05) is 0 Å². The van der Waals surface area contributed by atoms with Gasteiger partial charge in [0.15, 0.2) is 10.1 Å². The maximum atomic E-state index is 10.7. The highest BCUT2D eigenvalue weighted by molar-refractivity contribution is 7.86. The molecule has 1 saturated heterocycles. The summed E-state index contributed by atoms with van der Waals surface area (Å²) >= 11 is 0. The zero-order chi connectivity index (χ0) is 27.2. The van der Waals surface area contributed by atoms with Crippen molar-refractivity contribution < 1.29 is 26.1 Å². The number of benzene rings is 4. The first-order valence-corrected chi connectivity index (χ1v) is 15.4. The fourth-order valence-electron chi connectivity index (χ4n) is 5.27. The molecule has 0 radical (unpaired) electrons. The molecule has 5 rings (SSSR count). The van der Waals surface area contributed by atoms with Gasteiger partial charge in [-0.3, -0.25) is 0 Å². The van der Waals surface area contributed by atoms with Crippen LogP contribution in [-0.4, -0.2) is 18.5 Å². The van der Waals surface area contributed by atoms with E-state index < -0.39 is 23.5 Å². The molecule has 3 nitrogen and oxygen atoms in total. The predicted octanol–water partition coefficient (Wildman–Crippen LogP) is 8.32. The van der Waals surface area contributed by atoms with Gasteiger partial charge in [-0.1, -0.05) is 121 Å². The standard InChI is InChI=1S/C29H27P.CHF3O3S/c1-5-13-23(14-6-1)27-21-22-28(24-15-7-2-8-16-24)30(27)29(25-17-9-3-10-18-25)26-19-11-4-12-20-26;2-1(3,4)8(5,6)7/h1-20,27-29H,21-22H2;(H,5,6,7)/t27-,28-;/m0./s1. The molecule has 4 aromatic carbocycles. The second kappa shape index (κ2) is 12.2. The van der Waals surface area contributed by atoms with Crippen molar-refractivity contribution in [3.8, 4) is 0 Å². The third kappa shape index (κ3) is 6.71. The van der Waals surface area contributed by atoms with E-state index in [9.17, 15) is 13.2 Å². The molecule has 0 bridgehead atoms. The van der Waals surface area contributed by atoms with E-state index in [1.54, 1.807) is 0 Å². The summed E-state index contributed by atoms with van der Waals surface area (Å²) in [6.07, 6.45) is 2.57. The smallest absolute Gasteiger partial charge is 0.485 e. The van der Waals surface area contributed by atoms with Gasteiger partial charge >= 0.3 is 5.51 Å². The topological polar surface area (TPSA) is 57.2 Å². The molecule has 0 aliphatic carbocycles. The monoisotopic (exact) mass is 556 g/mol. The molecule has 38 heavy (non-hydrogen) atoms. The summed E-state index contributed by atoms with van der Waals surface area (Å²) < 4.78 is 58.9. The molecule has 0 saturated carbocycles. The Balaban J connectivity index is 0.000000368. The summed E-state index contributed by atoms with van der Waals surface area (Å²) in [7, 11) is -6.93. The van der Waals surface area contributed by atoms with Crippen LogP contribution in [-0.2, 0) is 10.1 Å². The van der Waals surface area contributed by atoms with Crippen molar-refractivity contribution in [2.24, 2.45) is 0 Å². The minimum absolute atomic E-state index is 0.482. The molecule has 0 aromatic heterocycles. The van der Waals surface area contributed by atoms with Crippen molar-refractivity contribution in [2.45, 2.75) is 35.3 Å². The van der Waals surface area contributed by atoms with E-state index >= 15 is 0 Å². The Morgan fingerprint density at radius 2 is 0.921 bits per heavy atom. The van der Waals surface area contributed by atoms with Crippen LogP contribution in [0.5, 0.6) is 0 Å². The van der Waals surface area contributed by atoms with Crippen LogP contribution in [0.2, 0.25) is 0 Å². The maximum Gasteiger partial charge on any atom is 0.485 e. The van der Waals surface area contributed by atoms with Gasteiger partial charge in [-0.05, 0) is 35.1 Å². The lowest BCUT2D eigenvalue weighted by atomic mass is 10.0. The van der Waals surface area contributed by atoms with Crippen molar-refractivity contribution in [3.05, 3.63) is 144 Å². The SMILES string of the molecule is O=S(=O)([O-])C(F)(F)F.c1ccc(C(c2ccccc2)[PH+]2[C@H](c3ccccc3)CC[C@H]2c2ccccc2)cc1. The molecular weight excluding hydrogens is 528 g/mol. The van der Waals surface area contributed by atoms with Crippen LogP contribution in [0.15, 0.2) is 121 Å². The molecule has 0 amide bonds. The first kappa shape index (κ1) is 28.0. The highest BCUT2D eigenvalue weighted by Crippen LogP contribution is 2.77. The number of alkyl halides is 3. The zero-order valence-electron chi connectivity index (χ0n) is 20.5. The number of hydrogen-bond donors (Lipinski definition) is 0. The van der Waals surface area contributed by atoms with Gasteiger partial charge in [0.1, 0.15) is 5.66 Å². The van der Waals surface area contributed by atoms with Crippen LogP contribution in [0.4, 0.5) is 13.2 Å². The summed E-state index contributed by atoms with van der Waals surface area (Å²) in [4.78, 5) is 0. The van der Waals surface area contributed by atoms with Crippen LogP contribution in [0.1, 0.15) is 52.1 Å². The van der Waals surface area contributed by atoms with Crippen LogP contribution >= 0.6 is 7.92 Å². The molecule has 1 aliphatic heterocycles. The molecule has 4 aromatic rings. The number of rotatable bonds is 5. The lowest BCUT2D eigenvalue weighted by Gasteiger charge is -2.28. The minimum atomic E-state index is -6.09. The molecule has 198 valence electrons. The fraction of sp³-hybridized carbons (Fsp3) is 0.200. The normalized spacial score (nSPS) is 18.1. The van der Waals surface area contributed by atoms with Crippen LogP contribution in [0, 0.1) is 0 Å². The summed E-state index contributed by atoms with van der Waals surface area (Å²) in [5.41, 5.74) is 2.16. The Hall–Kier alpha value is -2.99. The third-order valence-electron chi connectivity index (χ3n) is 6.84. The summed E-state index contributed by atoms with van der Waals surface area (Å²) in [5, 5.41) is 0. The van der Waals surface area contributed by atoms with Gasteiger partial charge in [-0.15, -0.1) is 0 Å². The lowest BCUT2D eigenvalue weighted by Crippen LogP contribution is -2.21. The molecule has 1 fully saturated rings. The molecule has 0 N–H and O–H groups in total. The van der Waals surface area contributed by atoms with E-state index in [0.717, 1.165) is 0 Å². The van der Waals surface area contributed by atoms with E-state index in [4.69, 9.17) is 13.0 Å². The van der Waals surface area contributed by atoms with Gasteiger partial charge in [0, 0.05) is 7.92 Å². The summed E-state index contributed by atoms with van der Waals surface area (Å²) in [6, 6.07) is 45.1.